The number of aryl methyl sites for hydroxylation is 1. The minimum atomic E-state index is -1.10. The Morgan fingerprint density at radius 2 is 2.06 bits per heavy atom. The molecule has 2 aromatic rings. The van der Waals surface area contributed by atoms with E-state index in [1.807, 2.05) is 19.1 Å². The zero-order valence-corrected chi connectivity index (χ0v) is 9.79. The Morgan fingerprint density at radius 3 is 2.72 bits per heavy atom. The van der Waals surface area contributed by atoms with Gasteiger partial charge in [-0.2, -0.15) is 0 Å². The maximum absolute atomic E-state index is 10.9. The van der Waals surface area contributed by atoms with Crippen LogP contribution >= 0.6 is 0 Å². The smallest absolute Gasteiger partial charge is 0.358 e. The first-order valence-electron chi connectivity index (χ1n) is 5.36. The summed E-state index contributed by atoms with van der Waals surface area (Å²) in [5.74, 6) is -0.849. The molecule has 0 amide bonds. The van der Waals surface area contributed by atoms with Gasteiger partial charge in [0.25, 0.3) is 0 Å². The lowest BCUT2D eigenvalue weighted by Crippen LogP contribution is -2.10. The van der Waals surface area contributed by atoms with Gasteiger partial charge in [-0.05, 0) is 18.6 Å². The number of carbonyl (C=O) groups is 1. The lowest BCUT2D eigenvalue weighted by molar-refractivity contribution is 0.0691. The van der Waals surface area contributed by atoms with Gasteiger partial charge < -0.3 is 10.4 Å². The molecule has 92 valence electrons. The zero-order chi connectivity index (χ0) is 13.0. The fourth-order valence-corrected chi connectivity index (χ4v) is 1.41. The van der Waals surface area contributed by atoms with Gasteiger partial charge in [-0.3, -0.25) is 4.98 Å². The van der Waals surface area contributed by atoms with Crippen LogP contribution in [-0.4, -0.2) is 26.0 Å². The summed E-state index contributed by atoms with van der Waals surface area (Å²) in [4.78, 5) is 22.8. The highest BCUT2D eigenvalue weighted by atomic mass is 16.4. The van der Waals surface area contributed by atoms with Gasteiger partial charge in [0.2, 0.25) is 0 Å². The third-order valence-corrected chi connectivity index (χ3v) is 2.33. The Kier molecular flexibility index (Phi) is 3.47. The number of carboxylic acids is 1. The fourth-order valence-electron chi connectivity index (χ4n) is 1.41. The van der Waals surface area contributed by atoms with Gasteiger partial charge in [0.1, 0.15) is 0 Å². The number of pyridine rings is 1. The van der Waals surface area contributed by atoms with Crippen LogP contribution in [0.2, 0.25) is 0 Å². The molecule has 0 saturated heterocycles. The van der Waals surface area contributed by atoms with Crippen molar-refractivity contribution in [3.63, 3.8) is 0 Å². The van der Waals surface area contributed by atoms with E-state index in [0.717, 1.165) is 11.3 Å². The Labute approximate surface area is 104 Å². The normalized spacial score (nSPS) is 10.1. The van der Waals surface area contributed by atoms with Crippen LogP contribution in [-0.2, 0) is 6.54 Å². The number of hydrogen-bond acceptors (Lipinski definition) is 5. The molecule has 0 aliphatic carbocycles. The maximum Gasteiger partial charge on any atom is 0.358 e. The first kappa shape index (κ1) is 12.0. The first-order valence-corrected chi connectivity index (χ1v) is 5.36. The topological polar surface area (TPSA) is 88.0 Å². The van der Waals surface area contributed by atoms with E-state index in [9.17, 15) is 4.79 Å². The number of rotatable bonds is 4. The zero-order valence-electron chi connectivity index (χ0n) is 9.79. The summed E-state index contributed by atoms with van der Waals surface area (Å²) >= 11 is 0. The standard InChI is InChI=1S/C12H12N4O2/c1-8-2-3-9(6-15-8)7-16-11-10(12(17)18)13-4-5-14-11/h2-6H,7H2,1H3,(H,14,16)(H,17,18). The number of aromatic carboxylic acids is 1. The van der Waals surface area contributed by atoms with Gasteiger partial charge in [-0.15, -0.1) is 0 Å². The van der Waals surface area contributed by atoms with Gasteiger partial charge in [0, 0.05) is 30.8 Å². The van der Waals surface area contributed by atoms with E-state index < -0.39 is 5.97 Å². The Hall–Kier alpha value is -2.50. The summed E-state index contributed by atoms with van der Waals surface area (Å²) < 4.78 is 0. The van der Waals surface area contributed by atoms with Crippen LogP contribution < -0.4 is 5.32 Å². The van der Waals surface area contributed by atoms with E-state index in [1.165, 1.54) is 12.4 Å². The molecule has 0 bridgehead atoms. The number of anilines is 1. The molecule has 6 heteroatoms. The second-order valence-corrected chi connectivity index (χ2v) is 3.72. The minimum Gasteiger partial charge on any atom is -0.476 e. The van der Waals surface area contributed by atoms with Crippen molar-refractivity contribution in [2.45, 2.75) is 13.5 Å². The lowest BCUT2D eigenvalue weighted by Gasteiger charge is -2.07. The molecule has 2 rings (SSSR count). The highest BCUT2D eigenvalue weighted by molar-refractivity contribution is 5.90. The molecule has 0 spiro atoms. The summed E-state index contributed by atoms with van der Waals surface area (Å²) in [6.45, 7) is 2.36. The number of carboxylic acid groups (broad SMARTS) is 1. The molecule has 0 aromatic carbocycles. The molecule has 0 fully saturated rings. The molecule has 2 aromatic heterocycles. The molecule has 0 radical (unpaired) electrons. The molecule has 2 heterocycles. The molecule has 0 aliphatic rings. The van der Waals surface area contributed by atoms with Crippen molar-refractivity contribution in [2.24, 2.45) is 0 Å². The molecule has 0 aliphatic heterocycles. The molecule has 2 N–H and O–H groups in total. The highest BCUT2D eigenvalue weighted by Gasteiger charge is 2.11. The van der Waals surface area contributed by atoms with Crippen LogP contribution in [0, 0.1) is 6.92 Å². The average Bonchev–Trinajstić information content (AvgIpc) is 2.38. The molecule has 6 nitrogen and oxygen atoms in total. The van der Waals surface area contributed by atoms with Crippen molar-refractivity contribution in [2.75, 3.05) is 5.32 Å². The van der Waals surface area contributed by atoms with Crippen LogP contribution in [0.1, 0.15) is 21.7 Å². The van der Waals surface area contributed by atoms with Crippen molar-refractivity contribution in [3.05, 3.63) is 47.7 Å². The fraction of sp³-hybridized carbons (Fsp3) is 0.167. The van der Waals surface area contributed by atoms with E-state index in [1.54, 1.807) is 6.20 Å². The van der Waals surface area contributed by atoms with Crippen LogP contribution in [0.25, 0.3) is 0 Å². The van der Waals surface area contributed by atoms with E-state index in [-0.39, 0.29) is 11.5 Å². The third-order valence-electron chi connectivity index (χ3n) is 2.33. The van der Waals surface area contributed by atoms with Crippen LogP contribution in [0.15, 0.2) is 30.7 Å². The van der Waals surface area contributed by atoms with Gasteiger partial charge in [-0.1, -0.05) is 6.07 Å². The summed E-state index contributed by atoms with van der Waals surface area (Å²) in [5, 5.41) is 11.9. The summed E-state index contributed by atoms with van der Waals surface area (Å²) in [7, 11) is 0. The van der Waals surface area contributed by atoms with Crippen molar-refractivity contribution in [1.82, 2.24) is 15.0 Å². The maximum atomic E-state index is 10.9. The molecule has 0 unspecified atom stereocenters. The van der Waals surface area contributed by atoms with Crippen molar-refractivity contribution in [1.29, 1.82) is 0 Å². The molecule has 0 saturated carbocycles. The molecule has 0 atom stereocenters. The second-order valence-electron chi connectivity index (χ2n) is 3.72. The van der Waals surface area contributed by atoms with E-state index in [0.29, 0.717) is 6.54 Å². The first-order chi connectivity index (χ1) is 8.66. The molecular formula is C12H12N4O2. The Morgan fingerprint density at radius 1 is 1.28 bits per heavy atom. The van der Waals surface area contributed by atoms with Gasteiger partial charge in [0.15, 0.2) is 11.5 Å². The van der Waals surface area contributed by atoms with Gasteiger partial charge >= 0.3 is 5.97 Å². The van der Waals surface area contributed by atoms with Crippen molar-refractivity contribution < 1.29 is 9.90 Å². The predicted octanol–water partition coefficient (Wildman–Crippen LogP) is 1.49. The van der Waals surface area contributed by atoms with Crippen molar-refractivity contribution >= 4 is 11.8 Å². The molecular weight excluding hydrogens is 232 g/mol. The van der Waals surface area contributed by atoms with Gasteiger partial charge in [-0.25, -0.2) is 14.8 Å². The van der Waals surface area contributed by atoms with E-state index in [2.05, 4.69) is 20.3 Å². The molecule has 18 heavy (non-hydrogen) atoms. The van der Waals surface area contributed by atoms with Crippen LogP contribution in [0.4, 0.5) is 5.82 Å². The second kappa shape index (κ2) is 5.22. The number of aromatic nitrogens is 3. The third kappa shape index (κ3) is 2.79. The van der Waals surface area contributed by atoms with E-state index in [4.69, 9.17) is 5.11 Å². The van der Waals surface area contributed by atoms with Crippen LogP contribution in [0.5, 0.6) is 0 Å². The average molecular weight is 244 g/mol. The monoisotopic (exact) mass is 244 g/mol. The predicted molar refractivity (Wildman–Crippen MR) is 65.3 cm³/mol. The Balaban J connectivity index is 2.10. The van der Waals surface area contributed by atoms with E-state index >= 15 is 0 Å². The summed E-state index contributed by atoms with van der Waals surface area (Å²) in [6, 6.07) is 3.82. The Bertz CT molecular complexity index is 554. The quantitative estimate of drug-likeness (QED) is 0.847. The number of nitrogens with zero attached hydrogens (tertiary/aromatic N) is 3. The minimum absolute atomic E-state index is 0.0856. The number of nitrogens with one attached hydrogen (secondary N) is 1. The lowest BCUT2D eigenvalue weighted by atomic mass is 10.2. The highest BCUT2D eigenvalue weighted by Crippen LogP contribution is 2.10. The van der Waals surface area contributed by atoms with Gasteiger partial charge in [0.05, 0.1) is 0 Å². The summed E-state index contributed by atoms with van der Waals surface area (Å²) in [5.41, 5.74) is 1.80. The van der Waals surface area contributed by atoms with Crippen LogP contribution in [0.3, 0.4) is 0 Å². The van der Waals surface area contributed by atoms with Crippen molar-refractivity contribution in [3.8, 4) is 0 Å². The largest absolute Gasteiger partial charge is 0.476 e. The number of hydrogen-bond donors (Lipinski definition) is 2. The SMILES string of the molecule is Cc1ccc(CNc2nccnc2C(=O)O)cn1. The summed E-state index contributed by atoms with van der Waals surface area (Å²) in [6.07, 6.45) is 4.53.